The SMILES string of the molecule is CC(=N)C(C#N)C(=O)CN1C(=O)N[C@](C)(c2ccc3c(c2)OCO3)C1=O. The molecule has 1 saturated heterocycles. The molecule has 1 fully saturated rings. The van der Waals surface area contributed by atoms with Gasteiger partial charge in [-0.25, -0.2) is 4.79 Å². The van der Waals surface area contributed by atoms with Crippen molar-refractivity contribution >= 4 is 23.4 Å². The quantitative estimate of drug-likeness (QED) is 0.596. The van der Waals surface area contributed by atoms with Crippen LogP contribution in [0.25, 0.3) is 0 Å². The summed E-state index contributed by atoms with van der Waals surface area (Å²) in [5.41, 5.74) is -1.03. The number of imide groups is 1. The molecule has 1 aromatic rings. The maximum absolute atomic E-state index is 12.8. The molecule has 0 radical (unpaired) electrons. The Morgan fingerprint density at radius 2 is 2.12 bits per heavy atom. The lowest BCUT2D eigenvalue weighted by atomic mass is 9.91. The fourth-order valence-corrected chi connectivity index (χ4v) is 2.90. The van der Waals surface area contributed by atoms with E-state index in [1.807, 2.05) is 0 Å². The molecule has 2 N–H and O–H groups in total. The van der Waals surface area contributed by atoms with E-state index in [1.165, 1.54) is 13.8 Å². The van der Waals surface area contributed by atoms with Crippen LogP contribution < -0.4 is 14.8 Å². The van der Waals surface area contributed by atoms with Crippen LogP contribution in [0.15, 0.2) is 18.2 Å². The topological polar surface area (TPSA) is 133 Å². The molecule has 0 aromatic heterocycles. The molecule has 26 heavy (non-hydrogen) atoms. The molecule has 9 heteroatoms. The standard InChI is InChI=1S/C17H16N4O5/c1-9(19)11(6-18)12(22)7-21-15(23)17(2,20-16(21)24)10-3-4-13-14(5-10)26-8-25-13/h3-5,11,19H,7-8H2,1-2H3,(H,20,24)/t11?,17-/m1/s1. The molecule has 0 spiro atoms. The fraction of sp³-hybridized carbons (Fsp3) is 0.353. The van der Waals surface area contributed by atoms with Gasteiger partial charge in [0.2, 0.25) is 6.79 Å². The Labute approximate surface area is 149 Å². The second-order valence-electron chi connectivity index (χ2n) is 6.23. The summed E-state index contributed by atoms with van der Waals surface area (Å²) in [6.07, 6.45) is 0. The van der Waals surface area contributed by atoms with E-state index in [4.69, 9.17) is 20.1 Å². The van der Waals surface area contributed by atoms with Crippen molar-refractivity contribution in [3.8, 4) is 17.6 Å². The van der Waals surface area contributed by atoms with E-state index < -0.39 is 35.7 Å². The summed E-state index contributed by atoms with van der Waals surface area (Å²) in [5.74, 6) is -1.58. The van der Waals surface area contributed by atoms with Gasteiger partial charge in [-0.3, -0.25) is 14.5 Å². The van der Waals surface area contributed by atoms with Gasteiger partial charge in [0.1, 0.15) is 11.5 Å². The van der Waals surface area contributed by atoms with Crippen LogP contribution in [0.3, 0.4) is 0 Å². The third kappa shape index (κ3) is 2.65. The van der Waals surface area contributed by atoms with Gasteiger partial charge in [0.05, 0.1) is 12.6 Å². The molecular formula is C17H16N4O5. The predicted octanol–water partition coefficient (Wildman–Crippen LogP) is 0.931. The van der Waals surface area contributed by atoms with Crippen LogP contribution in [0.4, 0.5) is 4.79 Å². The lowest BCUT2D eigenvalue weighted by Gasteiger charge is -2.22. The summed E-state index contributed by atoms with van der Waals surface area (Å²) in [5, 5.41) is 19.0. The van der Waals surface area contributed by atoms with E-state index in [-0.39, 0.29) is 12.5 Å². The Bertz CT molecular complexity index is 874. The molecule has 1 unspecified atom stereocenters. The molecule has 2 aliphatic rings. The minimum absolute atomic E-state index is 0.0783. The summed E-state index contributed by atoms with van der Waals surface area (Å²) in [7, 11) is 0. The summed E-state index contributed by atoms with van der Waals surface area (Å²) in [6.45, 7) is 2.36. The van der Waals surface area contributed by atoms with Gasteiger partial charge in [-0.2, -0.15) is 5.26 Å². The minimum Gasteiger partial charge on any atom is -0.454 e. The van der Waals surface area contributed by atoms with Crippen molar-refractivity contribution in [2.75, 3.05) is 13.3 Å². The molecule has 0 saturated carbocycles. The Morgan fingerprint density at radius 1 is 1.42 bits per heavy atom. The highest BCUT2D eigenvalue weighted by molar-refractivity contribution is 6.12. The van der Waals surface area contributed by atoms with Crippen LogP contribution in [0.1, 0.15) is 19.4 Å². The Morgan fingerprint density at radius 3 is 2.77 bits per heavy atom. The summed E-state index contributed by atoms with van der Waals surface area (Å²) >= 11 is 0. The number of nitriles is 1. The van der Waals surface area contributed by atoms with Gasteiger partial charge < -0.3 is 20.2 Å². The summed E-state index contributed by atoms with van der Waals surface area (Å²) in [4.78, 5) is 38.1. The number of ether oxygens (including phenoxy) is 2. The highest BCUT2D eigenvalue weighted by atomic mass is 16.7. The first-order chi connectivity index (χ1) is 12.3. The number of urea groups is 1. The smallest absolute Gasteiger partial charge is 0.325 e. The van der Waals surface area contributed by atoms with Crippen LogP contribution in [0, 0.1) is 22.7 Å². The number of carbonyl (C=O) groups is 3. The van der Waals surface area contributed by atoms with Crippen LogP contribution in [0.2, 0.25) is 0 Å². The van der Waals surface area contributed by atoms with Crippen LogP contribution in [-0.4, -0.2) is 41.7 Å². The van der Waals surface area contributed by atoms with Crippen LogP contribution >= 0.6 is 0 Å². The molecule has 3 amide bonds. The van der Waals surface area contributed by atoms with E-state index in [1.54, 1.807) is 24.3 Å². The number of nitrogens with zero attached hydrogens (tertiary/aromatic N) is 2. The number of hydrogen-bond donors (Lipinski definition) is 2. The normalized spacial score (nSPS) is 22.0. The van der Waals surface area contributed by atoms with Gasteiger partial charge in [-0.15, -0.1) is 0 Å². The summed E-state index contributed by atoms with van der Waals surface area (Å²) < 4.78 is 10.5. The molecule has 3 rings (SSSR count). The summed E-state index contributed by atoms with van der Waals surface area (Å²) in [6, 6.07) is 5.86. The largest absolute Gasteiger partial charge is 0.454 e. The third-order valence-corrected chi connectivity index (χ3v) is 4.42. The van der Waals surface area contributed by atoms with Crippen molar-refractivity contribution in [1.82, 2.24) is 10.2 Å². The molecule has 1 aromatic carbocycles. The number of fused-ring (bicyclic) bond motifs is 1. The third-order valence-electron chi connectivity index (χ3n) is 4.42. The molecule has 134 valence electrons. The fourth-order valence-electron chi connectivity index (χ4n) is 2.90. The first-order valence-electron chi connectivity index (χ1n) is 7.79. The second-order valence-corrected chi connectivity index (χ2v) is 6.23. The number of benzene rings is 1. The average Bonchev–Trinajstić information content (AvgIpc) is 3.13. The zero-order valence-electron chi connectivity index (χ0n) is 14.2. The first-order valence-corrected chi connectivity index (χ1v) is 7.79. The highest BCUT2D eigenvalue weighted by Gasteiger charge is 2.50. The lowest BCUT2D eigenvalue weighted by Crippen LogP contribution is -2.42. The lowest BCUT2D eigenvalue weighted by molar-refractivity contribution is -0.134. The van der Waals surface area contributed by atoms with E-state index in [9.17, 15) is 14.4 Å². The Kier molecular flexibility index (Phi) is 4.12. The maximum Gasteiger partial charge on any atom is 0.325 e. The number of ketones is 1. The van der Waals surface area contributed by atoms with Crippen molar-refractivity contribution in [2.24, 2.45) is 5.92 Å². The van der Waals surface area contributed by atoms with Gasteiger partial charge in [0, 0.05) is 5.71 Å². The Hall–Kier alpha value is -3.41. The van der Waals surface area contributed by atoms with Crippen LogP contribution in [-0.2, 0) is 15.1 Å². The van der Waals surface area contributed by atoms with Crippen molar-refractivity contribution in [3.05, 3.63) is 23.8 Å². The zero-order valence-corrected chi connectivity index (χ0v) is 14.2. The number of hydrogen-bond acceptors (Lipinski definition) is 7. The van der Waals surface area contributed by atoms with Gasteiger partial charge in [-0.05, 0) is 31.5 Å². The second kappa shape index (κ2) is 6.15. The van der Waals surface area contributed by atoms with E-state index in [0.29, 0.717) is 17.1 Å². The zero-order chi connectivity index (χ0) is 19.1. The van der Waals surface area contributed by atoms with E-state index in [2.05, 4.69) is 5.32 Å². The van der Waals surface area contributed by atoms with Crippen molar-refractivity contribution in [2.45, 2.75) is 19.4 Å². The predicted molar refractivity (Wildman–Crippen MR) is 87.7 cm³/mol. The average molecular weight is 356 g/mol. The molecule has 2 atom stereocenters. The molecule has 9 nitrogen and oxygen atoms in total. The number of carbonyl (C=O) groups excluding carboxylic acids is 3. The van der Waals surface area contributed by atoms with Crippen molar-refractivity contribution < 1.29 is 23.9 Å². The van der Waals surface area contributed by atoms with Gasteiger partial charge in [-0.1, -0.05) is 6.07 Å². The van der Waals surface area contributed by atoms with Gasteiger partial charge in [0.15, 0.2) is 17.3 Å². The van der Waals surface area contributed by atoms with Gasteiger partial charge in [0.25, 0.3) is 5.91 Å². The number of Topliss-reactive ketones (excluding diaryl/α,β-unsaturated/α-hetero) is 1. The van der Waals surface area contributed by atoms with Crippen molar-refractivity contribution in [1.29, 1.82) is 10.7 Å². The Balaban J connectivity index is 1.85. The molecular weight excluding hydrogens is 340 g/mol. The minimum atomic E-state index is -1.37. The number of rotatable bonds is 5. The number of nitrogens with one attached hydrogen (secondary N) is 2. The molecule has 0 bridgehead atoms. The van der Waals surface area contributed by atoms with Gasteiger partial charge >= 0.3 is 6.03 Å². The van der Waals surface area contributed by atoms with E-state index >= 15 is 0 Å². The van der Waals surface area contributed by atoms with E-state index in [0.717, 1.165) is 4.90 Å². The van der Waals surface area contributed by atoms with Crippen molar-refractivity contribution in [3.63, 3.8) is 0 Å². The number of amides is 3. The maximum atomic E-state index is 12.8. The molecule has 2 aliphatic heterocycles. The molecule has 2 heterocycles. The first kappa shape index (κ1) is 17.4. The van der Waals surface area contributed by atoms with Crippen LogP contribution in [0.5, 0.6) is 11.5 Å². The highest BCUT2D eigenvalue weighted by Crippen LogP contribution is 2.37. The monoisotopic (exact) mass is 356 g/mol. The molecule has 0 aliphatic carbocycles.